The number of hydrogen-bond donors (Lipinski definition) is 1. The van der Waals surface area contributed by atoms with E-state index in [0.29, 0.717) is 12.2 Å². The van der Waals surface area contributed by atoms with E-state index < -0.39 is 11.7 Å². The van der Waals surface area contributed by atoms with Crippen molar-refractivity contribution in [1.29, 1.82) is 0 Å². The number of halogens is 3. The van der Waals surface area contributed by atoms with E-state index in [1.54, 1.807) is 6.26 Å². The van der Waals surface area contributed by atoms with Gasteiger partial charge in [-0.3, -0.25) is 0 Å². The van der Waals surface area contributed by atoms with Gasteiger partial charge in [-0.2, -0.15) is 13.2 Å². The molecular weight excluding hydrogens is 255 g/mol. The molecule has 0 aliphatic carbocycles. The molecule has 0 aliphatic heterocycles. The van der Waals surface area contributed by atoms with Crippen LogP contribution < -0.4 is 5.32 Å². The summed E-state index contributed by atoms with van der Waals surface area (Å²) >= 11 is 0. The van der Waals surface area contributed by atoms with Crippen LogP contribution in [0.3, 0.4) is 0 Å². The number of alkyl halides is 3. The lowest BCUT2D eigenvalue weighted by Gasteiger charge is -2.09. The summed E-state index contributed by atoms with van der Waals surface area (Å²) in [6, 6.07) is 8.77. The molecule has 2 nitrogen and oxygen atoms in total. The van der Waals surface area contributed by atoms with Crippen molar-refractivity contribution >= 4 is 5.69 Å². The molecule has 0 spiro atoms. The summed E-state index contributed by atoms with van der Waals surface area (Å²) < 4.78 is 42.2. The normalized spacial score (nSPS) is 11.5. The molecule has 2 aromatic rings. The number of anilines is 1. The van der Waals surface area contributed by atoms with Crippen molar-refractivity contribution in [2.75, 3.05) is 11.9 Å². The van der Waals surface area contributed by atoms with Crippen molar-refractivity contribution in [3.8, 4) is 0 Å². The Bertz CT molecular complexity index is 488. The monoisotopic (exact) mass is 269 g/mol. The Kier molecular flexibility index (Phi) is 4.14. The molecule has 0 fully saturated rings. The fraction of sp³-hybridized carbons (Fsp3) is 0.286. The zero-order valence-electron chi connectivity index (χ0n) is 10.2. The molecule has 1 N–H and O–H groups in total. The third-order valence-corrected chi connectivity index (χ3v) is 2.72. The zero-order chi connectivity index (χ0) is 13.7. The van der Waals surface area contributed by atoms with E-state index in [0.717, 1.165) is 30.7 Å². The largest absolute Gasteiger partial charge is 0.469 e. The minimum Gasteiger partial charge on any atom is -0.469 e. The maximum absolute atomic E-state index is 12.4. The highest BCUT2D eigenvalue weighted by molar-refractivity contribution is 5.45. The minimum atomic E-state index is -4.28. The number of hydrogen-bond acceptors (Lipinski definition) is 2. The summed E-state index contributed by atoms with van der Waals surface area (Å²) in [6.45, 7) is 0.687. The van der Waals surface area contributed by atoms with Crippen molar-refractivity contribution < 1.29 is 17.6 Å². The average Bonchev–Trinajstić information content (AvgIpc) is 2.87. The molecule has 19 heavy (non-hydrogen) atoms. The second kappa shape index (κ2) is 5.82. The second-order valence-electron chi connectivity index (χ2n) is 4.18. The second-order valence-corrected chi connectivity index (χ2v) is 4.18. The number of rotatable bonds is 5. The summed E-state index contributed by atoms with van der Waals surface area (Å²) in [4.78, 5) is 0. The third-order valence-electron chi connectivity index (χ3n) is 2.72. The first kappa shape index (κ1) is 13.5. The molecule has 1 heterocycles. The van der Waals surface area contributed by atoms with Gasteiger partial charge in [-0.25, -0.2) is 0 Å². The van der Waals surface area contributed by atoms with Crippen LogP contribution in [0.5, 0.6) is 0 Å². The Hall–Kier alpha value is -1.91. The van der Waals surface area contributed by atoms with Crippen LogP contribution in [0, 0.1) is 0 Å². The molecule has 0 amide bonds. The van der Waals surface area contributed by atoms with Gasteiger partial charge in [0, 0.05) is 18.7 Å². The van der Waals surface area contributed by atoms with Gasteiger partial charge in [0.05, 0.1) is 11.8 Å². The third kappa shape index (κ3) is 4.05. The Morgan fingerprint density at radius 1 is 1.05 bits per heavy atom. The van der Waals surface area contributed by atoms with E-state index in [-0.39, 0.29) is 0 Å². The van der Waals surface area contributed by atoms with Crippen LogP contribution in [0.25, 0.3) is 0 Å². The summed E-state index contributed by atoms with van der Waals surface area (Å²) in [7, 11) is 0. The Balaban J connectivity index is 1.77. The minimum absolute atomic E-state index is 0.631. The van der Waals surface area contributed by atoms with Crippen molar-refractivity contribution in [2.45, 2.75) is 19.0 Å². The number of benzene rings is 1. The lowest BCUT2D eigenvalue weighted by Crippen LogP contribution is -2.06. The molecule has 102 valence electrons. The van der Waals surface area contributed by atoms with Crippen LogP contribution in [0.4, 0.5) is 18.9 Å². The van der Waals surface area contributed by atoms with Gasteiger partial charge in [0.1, 0.15) is 5.76 Å². The van der Waals surface area contributed by atoms with Crippen molar-refractivity contribution in [1.82, 2.24) is 0 Å². The first-order valence-corrected chi connectivity index (χ1v) is 5.99. The molecule has 1 aromatic carbocycles. The van der Waals surface area contributed by atoms with Crippen LogP contribution in [-0.4, -0.2) is 6.54 Å². The van der Waals surface area contributed by atoms with Gasteiger partial charge < -0.3 is 9.73 Å². The summed E-state index contributed by atoms with van der Waals surface area (Å²) in [5.74, 6) is 0.911. The maximum atomic E-state index is 12.4. The summed E-state index contributed by atoms with van der Waals surface area (Å²) in [6.07, 6.45) is -0.994. The molecular formula is C14H14F3NO. The van der Waals surface area contributed by atoms with Gasteiger partial charge in [0.2, 0.25) is 0 Å². The quantitative estimate of drug-likeness (QED) is 0.817. The first-order chi connectivity index (χ1) is 9.05. The lowest BCUT2D eigenvalue weighted by atomic mass is 10.2. The summed E-state index contributed by atoms with van der Waals surface area (Å²) in [5, 5.41) is 3.08. The Labute approximate surface area is 109 Å². The van der Waals surface area contributed by atoms with Crippen molar-refractivity contribution in [3.05, 3.63) is 54.0 Å². The average molecular weight is 269 g/mol. The molecule has 0 radical (unpaired) electrons. The molecule has 0 saturated carbocycles. The Morgan fingerprint density at radius 3 is 2.37 bits per heavy atom. The maximum Gasteiger partial charge on any atom is 0.416 e. The van der Waals surface area contributed by atoms with Gasteiger partial charge in [0.15, 0.2) is 0 Å². The molecule has 2 rings (SSSR count). The Morgan fingerprint density at radius 2 is 1.79 bits per heavy atom. The predicted molar refractivity (Wildman–Crippen MR) is 67.0 cm³/mol. The predicted octanol–water partition coefficient (Wildman–Crippen LogP) is 4.34. The van der Waals surface area contributed by atoms with Gasteiger partial charge in [-0.15, -0.1) is 0 Å². The lowest BCUT2D eigenvalue weighted by molar-refractivity contribution is -0.137. The van der Waals surface area contributed by atoms with E-state index in [9.17, 15) is 13.2 Å². The molecule has 0 unspecified atom stereocenters. The van der Waals surface area contributed by atoms with E-state index in [4.69, 9.17) is 4.42 Å². The molecule has 0 saturated heterocycles. The van der Waals surface area contributed by atoms with Gasteiger partial charge in [0.25, 0.3) is 0 Å². The smallest absolute Gasteiger partial charge is 0.416 e. The van der Waals surface area contributed by atoms with Crippen LogP contribution in [0.2, 0.25) is 0 Å². The van der Waals surface area contributed by atoms with Gasteiger partial charge >= 0.3 is 6.18 Å². The fourth-order valence-electron chi connectivity index (χ4n) is 1.73. The van der Waals surface area contributed by atoms with Gasteiger partial charge in [-0.1, -0.05) is 0 Å². The highest BCUT2D eigenvalue weighted by atomic mass is 19.4. The van der Waals surface area contributed by atoms with E-state index in [2.05, 4.69) is 5.32 Å². The number of aryl methyl sites for hydroxylation is 1. The van der Waals surface area contributed by atoms with Crippen LogP contribution >= 0.6 is 0 Å². The fourth-order valence-corrected chi connectivity index (χ4v) is 1.73. The first-order valence-electron chi connectivity index (χ1n) is 5.99. The molecule has 0 aliphatic rings. The molecule has 1 aromatic heterocycles. The SMILES string of the molecule is FC(F)(F)c1ccc(NCCCc2ccco2)cc1. The summed E-state index contributed by atoms with van der Waals surface area (Å²) in [5.41, 5.74) is 0.0566. The number of nitrogens with one attached hydrogen (secondary N) is 1. The van der Waals surface area contributed by atoms with Crippen LogP contribution in [0.1, 0.15) is 17.7 Å². The van der Waals surface area contributed by atoms with E-state index in [1.165, 1.54) is 12.1 Å². The topological polar surface area (TPSA) is 25.2 Å². The van der Waals surface area contributed by atoms with Crippen LogP contribution in [0.15, 0.2) is 47.1 Å². The van der Waals surface area contributed by atoms with Crippen molar-refractivity contribution in [2.24, 2.45) is 0 Å². The highest BCUT2D eigenvalue weighted by Crippen LogP contribution is 2.29. The van der Waals surface area contributed by atoms with Gasteiger partial charge in [-0.05, 0) is 42.8 Å². The molecule has 5 heteroatoms. The zero-order valence-corrected chi connectivity index (χ0v) is 10.2. The standard InChI is InChI=1S/C14H14F3NO/c15-14(16,17)11-5-7-12(8-6-11)18-9-1-3-13-4-2-10-19-13/h2,4-8,10,18H,1,3,9H2. The highest BCUT2D eigenvalue weighted by Gasteiger charge is 2.29. The molecule has 0 atom stereocenters. The van der Waals surface area contributed by atoms with E-state index >= 15 is 0 Å². The van der Waals surface area contributed by atoms with Crippen LogP contribution in [-0.2, 0) is 12.6 Å². The molecule has 0 bridgehead atoms. The van der Waals surface area contributed by atoms with Crippen molar-refractivity contribution in [3.63, 3.8) is 0 Å². The van der Waals surface area contributed by atoms with E-state index in [1.807, 2.05) is 12.1 Å². The number of furan rings is 1.